The highest BCUT2D eigenvalue weighted by Crippen LogP contribution is 2.37. The Morgan fingerprint density at radius 3 is 2.90 bits per heavy atom. The van der Waals surface area contributed by atoms with E-state index >= 15 is 0 Å². The number of hydrogen-bond acceptors (Lipinski definition) is 3. The number of benzene rings is 1. The molecule has 108 valence electrons. The number of aromatic nitrogens is 2. The summed E-state index contributed by atoms with van der Waals surface area (Å²) >= 11 is 0. The van der Waals surface area contributed by atoms with Crippen molar-refractivity contribution < 1.29 is 0 Å². The van der Waals surface area contributed by atoms with Crippen LogP contribution in [0, 0.1) is 11.3 Å². The van der Waals surface area contributed by atoms with E-state index in [2.05, 4.69) is 34.8 Å². The van der Waals surface area contributed by atoms with E-state index in [9.17, 15) is 5.26 Å². The molecule has 0 bridgehead atoms. The normalized spacial score (nSPS) is 24.9. The Kier molecular flexibility index (Phi) is 3.76. The summed E-state index contributed by atoms with van der Waals surface area (Å²) in [6, 6.07) is 13.0. The van der Waals surface area contributed by atoms with Crippen LogP contribution in [-0.4, -0.2) is 21.9 Å². The van der Waals surface area contributed by atoms with Gasteiger partial charge in [0.15, 0.2) is 0 Å². The molecule has 2 atom stereocenters. The summed E-state index contributed by atoms with van der Waals surface area (Å²) in [6.45, 7) is 2.88. The molecule has 4 nitrogen and oxygen atoms in total. The average Bonchev–Trinajstić information content (AvgIpc) is 3.16. The topological polar surface area (TPSA) is 53.6 Å². The van der Waals surface area contributed by atoms with Crippen LogP contribution in [0.15, 0.2) is 42.7 Å². The van der Waals surface area contributed by atoms with Gasteiger partial charge in [-0.1, -0.05) is 37.3 Å². The zero-order valence-electron chi connectivity index (χ0n) is 12.3. The van der Waals surface area contributed by atoms with Gasteiger partial charge in [0.1, 0.15) is 5.54 Å². The first-order chi connectivity index (χ1) is 10.3. The minimum atomic E-state index is -0.377. The predicted octanol–water partition coefficient (Wildman–Crippen LogP) is 3.15. The number of hydrogen-bond donors (Lipinski definition) is 1. The van der Waals surface area contributed by atoms with E-state index in [1.54, 1.807) is 0 Å². The average molecular weight is 280 g/mol. The van der Waals surface area contributed by atoms with E-state index < -0.39 is 0 Å². The van der Waals surface area contributed by atoms with Crippen LogP contribution in [0.3, 0.4) is 0 Å². The van der Waals surface area contributed by atoms with E-state index in [1.807, 2.05) is 36.0 Å². The van der Waals surface area contributed by atoms with Crippen LogP contribution in [0.2, 0.25) is 0 Å². The van der Waals surface area contributed by atoms with Crippen LogP contribution < -0.4 is 5.32 Å². The zero-order valence-corrected chi connectivity index (χ0v) is 12.3. The second kappa shape index (κ2) is 5.71. The monoisotopic (exact) mass is 280 g/mol. The van der Waals surface area contributed by atoms with Crippen LogP contribution in [0.5, 0.6) is 0 Å². The van der Waals surface area contributed by atoms with Crippen molar-refractivity contribution >= 4 is 0 Å². The molecule has 1 aromatic heterocycles. The van der Waals surface area contributed by atoms with Crippen LogP contribution in [-0.2, 0) is 0 Å². The lowest BCUT2D eigenvalue weighted by atomic mass is 9.99. The van der Waals surface area contributed by atoms with Gasteiger partial charge >= 0.3 is 0 Å². The van der Waals surface area contributed by atoms with Gasteiger partial charge in [0.2, 0.25) is 0 Å². The van der Waals surface area contributed by atoms with Crippen LogP contribution in [0.4, 0.5) is 0 Å². The quantitative estimate of drug-likeness (QED) is 0.936. The van der Waals surface area contributed by atoms with Gasteiger partial charge in [-0.3, -0.25) is 10.00 Å². The first-order valence-corrected chi connectivity index (χ1v) is 7.52. The van der Waals surface area contributed by atoms with Gasteiger partial charge < -0.3 is 0 Å². The molecule has 0 amide bonds. The lowest BCUT2D eigenvalue weighted by Crippen LogP contribution is -2.41. The standard InChI is InChI=1S/C17H20N4/c1-2-19-17(13-18)9-8-16(10-17)21-12-15(11-20-21)14-6-4-3-5-7-14/h3-7,11-12,16,19H,2,8-10H2,1H3. The minimum absolute atomic E-state index is 0.307. The van der Waals surface area contributed by atoms with Crippen LogP contribution >= 0.6 is 0 Å². The Hall–Kier alpha value is -2.12. The molecule has 0 radical (unpaired) electrons. The molecule has 3 rings (SSSR count). The van der Waals surface area contributed by atoms with Crippen LogP contribution in [0.25, 0.3) is 11.1 Å². The molecular weight excluding hydrogens is 260 g/mol. The van der Waals surface area contributed by atoms with Crippen molar-refractivity contribution in [3.63, 3.8) is 0 Å². The largest absolute Gasteiger partial charge is 0.300 e. The molecule has 1 saturated carbocycles. The summed E-state index contributed by atoms with van der Waals surface area (Å²) in [5.74, 6) is 0. The van der Waals surface area contributed by atoms with Crippen molar-refractivity contribution in [2.75, 3.05) is 6.54 Å². The third-order valence-corrected chi connectivity index (χ3v) is 4.30. The van der Waals surface area contributed by atoms with Crippen molar-refractivity contribution in [3.05, 3.63) is 42.7 Å². The smallest absolute Gasteiger partial charge is 0.108 e. The van der Waals surface area contributed by atoms with Crippen molar-refractivity contribution in [1.29, 1.82) is 5.26 Å². The maximum atomic E-state index is 9.45. The SMILES string of the molecule is CCNC1(C#N)CCC(n2cc(-c3ccccc3)cn2)C1. The van der Waals surface area contributed by atoms with Gasteiger partial charge in [0, 0.05) is 18.2 Å². The highest BCUT2D eigenvalue weighted by molar-refractivity contribution is 5.61. The summed E-state index contributed by atoms with van der Waals surface area (Å²) in [5, 5.41) is 17.3. The van der Waals surface area contributed by atoms with E-state index in [4.69, 9.17) is 0 Å². The second-order valence-electron chi connectivity index (χ2n) is 5.70. The highest BCUT2D eigenvalue weighted by atomic mass is 15.3. The maximum absolute atomic E-state index is 9.45. The summed E-state index contributed by atoms with van der Waals surface area (Å²) in [7, 11) is 0. The lowest BCUT2D eigenvalue weighted by molar-refractivity contribution is 0.395. The fourth-order valence-corrected chi connectivity index (χ4v) is 3.20. The number of nitrogens with zero attached hydrogens (tertiary/aromatic N) is 3. The fourth-order valence-electron chi connectivity index (χ4n) is 3.20. The molecule has 1 aromatic carbocycles. The molecule has 4 heteroatoms. The molecule has 1 N–H and O–H groups in total. The van der Waals surface area contributed by atoms with Crippen molar-refractivity contribution in [1.82, 2.24) is 15.1 Å². The Balaban J connectivity index is 1.78. The fraction of sp³-hybridized carbons (Fsp3) is 0.412. The minimum Gasteiger partial charge on any atom is -0.300 e. The molecule has 1 aliphatic rings. The molecule has 2 unspecified atom stereocenters. The first-order valence-electron chi connectivity index (χ1n) is 7.52. The lowest BCUT2D eigenvalue weighted by Gasteiger charge is -2.21. The van der Waals surface area contributed by atoms with Gasteiger partial charge in [-0.2, -0.15) is 10.4 Å². The number of nitriles is 1. The Morgan fingerprint density at radius 2 is 2.19 bits per heavy atom. The van der Waals surface area contributed by atoms with Gasteiger partial charge in [-0.05, 0) is 24.9 Å². The molecular formula is C17H20N4. The van der Waals surface area contributed by atoms with Crippen molar-refractivity contribution in [2.24, 2.45) is 0 Å². The summed E-state index contributed by atoms with van der Waals surface area (Å²) in [5.41, 5.74) is 1.94. The van der Waals surface area contributed by atoms with E-state index in [1.165, 1.54) is 5.56 Å². The highest BCUT2D eigenvalue weighted by Gasteiger charge is 2.39. The van der Waals surface area contributed by atoms with Gasteiger partial charge in [-0.15, -0.1) is 0 Å². The Labute approximate surface area is 125 Å². The van der Waals surface area contributed by atoms with Gasteiger partial charge in [0.25, 0.3) is 0 Å². The molecule has 2 aromatic rings. The van der Waals surface area contributed by atoms with E-state index in [-0.39, 0.29) is 5.54 Å². The molecule has 1 heterocycles. The summed E-state index contributed by atoms with van der Waals surface area (Å²) in [6.07, 6.45) is 6.72. The zero-order chi connectivity index (χ0) is 14.7. The molecule has 1 aliphatic carbocycles. The molecule has 21 heavy (non-hydrogen) atoms. The first kappa shape index (κ1) is 13.8. The Morgan fingerprint density at radius 1 is 1.38 bits per heavy atom. The molecule has 0 aliphatic heterocycles. The number of nitrogens with one attached hydrogen (secondary N) is 1. The van der Waals surface area contributed by atoms with E-state index in [0.717, 1.165) is 31.4 Å². The maximum Gasteiger partial charge on any atom is 0.108 e. The van der Waals surface area contributed by atoms with Crippen molar-refractivity contribution in [3.8, 4) is 17.2 Å². The third kappa shape index (κ3) is 2.70. The number of rotatable bonds is 4. The van der Waals surface area contributed by atoms with E-state index in [0.29, 0.717) is 6.04 Å². The Bertz CT molecular complexity index is 640. The molecule has 0 spiro atoms. The van der Waals surface area contributed by atoms with Gasteiger partial charge in [0.05, 0.1) is 18.3 Å². The van der Waals surface area contributed by atoms with Gasteiger partial charge in [-0.25, -0.2) is 0 Å². The third-order valence-electron chi connectivity index (χ3n) is 4.30. The van der Waals surface area contributed by atoms with Crippen molar-refractivity contribution in [2.45, 2.75) is 37.8 Å². The van der Waals surface area contributed by atoms with Crippen LogP contribution in [0.1, 0.15) is 32.2 Å². The predicted molar refractivity (Wildman–Crippen MR) is 82.6 cm³/mol. The summed E-state index contributed by atoms with van der Waals surface area (Å²) in [4.78, 5) is 0. The summed E-state index contributed by atoms with van der Waals surface area (Å²) < 4.78 is 2.03. The second-order valence-corrected chi connectivity index (χ2v) is 5.70. The molecule has 1 fully saturated rings. The molecule has 0 saturated heterocycles.